The Balaban J connectivity index is 1.94. The lowest BCUT2D eigenvalue weighted by Gasteiger charge is -2.23. The highest BCUT2D eigenvalue weighted by molar-refractivity contribution is 6.30. The Hall–Kier alpha value is -0.285. The molecule has 0 aromatic heterocycles. The number of methoxy groups -OCH3 is 1. The van der Waals surface area contributed by atoms with E-state index in [-0.39, 0.29) is 6.00 Å². The van der Waals surface area contributed by atoms with Gasteiger partial charge in [0.2, 0.25) is 0 Å². The lowest BCUT2D eigenvalue weighted by molar-refractivity contribution is -0.256. The smallest absolute Gasteiger partial charge is 0.273 e. The van der Waals surface area contributed by atoms with Crippen LogP contribution in [0.5, 0.6) is 0 Å². The van der Waals surface area contributed by atoms with Gasteiger partial charge >= 0.3 is 0 Å². The molecule has 2 saturated heterocycles. The fraction of sp³-hybridized carbons (Fsp3) is 0.818. The van der Waals surface area contributed by atoms with Gasteiger partial charge < -0.3 is 24.1 Å². The summed E-state index contributed by atoms with van der Waals surface area (Å²) in [4.78, 5) is 0. The summed E-state index contributed by atoms with van der Waals surface area (Å²) in [7, 11) is 3.32. The van der Waals surface area contributed by atoms with E-state index in [9.17, 15) is 5.11 Å². The summed E-state index contributed by atoms with van der Waals surface area (Å²) >= 11 is 5.52. The molecular weight excluding hydrogens is 258 g/mol. The van der Waals surface area contributed by atoms with Crippen molar-refractivity contribution in [1.82, 2.24) is 0 Å². The van der Waals surface area contributed by atoms with Gasteiger partial charge in [0.05, 0.1) is 11.6 Å². The third-order valence-corrected chi connectivity index (χ3v) is 4.02. The Morgan fingerprint density at radius 3 is 2.67 bits per heavy atom. The molecule has 98 valence electrons. The maximum Gasteiger partial charge on any atom is 0.273 e. The first-order valence-corrected chi connectivity index (χ1v) is 6.30. The molecule has 5 nitrogen and oxygen atoms in total. The second kappa shape index (κ2) is 4.10. The number of hydrogen-bond acceptors (Lipinski definition) is 5. The Morgan fingerprint density at radius 1 is 1.39 bits per heavy atom. The predicted octanol–water partition coefficient (Wildman–Crippen LogP) is -0.847. The molecule has 0 bridgehead atoms. The van der Waals surface area contributed by atoms with Gasteiger partial charge in [0.25, 0.3) is 6.48 Å². The molecule has 2 heterocycles. The van der Waals surface area contributed by atoms with Crippen LogP contribution in [0.25, 0.3) is 0 Å². The standard InChI is InChI=1S/C11H14BClO5/c1-15-9-17-7-6(10(14)2-3-10)16-8(12)11(7,18-9)4-5-13/h6-9,14H,2-3,12H2,1H3/t6-,7?,8+,9?,11+/m0/s1. The molecule has 2 aliphatic heterocycles. The third-order valence-electron chi connectivity index (χ3n) is 3.93. The molecule has 0 aromatic carbocycles. The number of ether oxygens (including phenoxy) is 4. The van der Waals surface area contributed by atoms with E-state index in [1.165, 1.54) is 7.11 Å². The summed E-state index contributed by atoms with van der Waals surface area (Å²) in [6, 6.07) is -0.344. The van der Waals surface area contributed by atoms with E-state index in [2.05, 4.69) is 11.3 Å². The minimum Gasteiger partial charge on any atom is -0.387 e. The molecule has 3 aliphatic rings. The summed E-state index contributed by atoms with van der Waals surface area (Å²) in [6.07, 6.45) is 0.458. The van der Waals surface area contributed by atoms with Crippen LogP contribution in [0.3, 0.4) is 0 Å². The van der Waals surface area contributed by atoms with Crippen molar-refractivity contribution in [3.05, 3.63) is 0 Å². The number of fused-ring (bicyclic) bond motifs is 1. The Bertz CT molecular complexity index is 417. The van der Waals surface area contributed by atoms with Crippen LogP contribution in [0.15, 0.2) is 0 Å². The number of hydrogen-bond donors (Lipinski definition) is 1. The summed E-state index contributed by atoms with van der Waals surface area (Å²) in [5.74, 6) is 2.82. The maximum absolute atomic E-state index is 10.3. The molecule has 7 heteroatoms. The normalized spacial score (nSPS) is 48.4. The van der Waals surface area contributed by atoms with Crippen LogP contribution in [0.4, 0.5) is 0 Å². The minimum atomic E-state index is -0.967. The predicted molar refractivity (Wildman–Crippen MR) is 64.5 cm³/mol. The van der Waals surface area contributed by atoms with E-state index in [0.717, 1.165) is 0 Å². The number of aliphatic hydroxyl groups is 1. The van der Waals surface area contributed by atoms with Crippen LogP contribution in [0, 0.1) is 11.3 Å². The molecule has 18 heavy (non-hydrogen) atoms. The second-order valence-electron chi connectivity index (χ2n) is 5.01. The molecule has 0 spiro atoms. The van der Waals surface area contributed by atoms with Gasteiger partial charge in [-0.25, -0.2) is 0 Å². The summed E-state index contributed by atoms with van der Waals surface area (Å²) in [5, 5.41) is 12.6. The van der Waals surface area contributed by atoms with Crippen molar-refractivity contribution in [3.8, 4) is 11.3 Å². The molecule has 5 atom stereocenters. The van der Waals surface area contributed by atoms with E-state index in [0.29, 0.717) is 12.8 Å². The quantitative estimate of drug-likeness (QED) is 0.524. The Labute approximate surface area is 111 Å². The first-order chi connectivity index (χ1) is 8.55. The third kappa shape index (κ3) is 1.63. The van der Waals surface area contributed by atoms with Gasteiger partial charge in [-0.15, -0.1) is 0 Å². The van der Waals surface area contributed by atoms with E-state index in [1.807, 2.05) is 7.85 Å². The molecule has 0 aromatic rings. The molecule has 0 radical (unpaired) electrons. The zero-order valence-electron chi connectivity index (χ0n) is 10.2. The topological polar surface area (TPSA) is 57.2 Å². The van der Waals surface area contributed by atoms with Crippen molar-refractivity contribution in [2.75, 3.05) is 7.11 Å². The average molecular weight is 272 g/mol. The molecule has 2 unspecified atom stereocenters. The highest BCUT2D eigenvalue weighted by atomic mass is 35.5. The van der Waals surface area contributed by atoms with E-state index in [4.69, 9.17) is 30.5 Å². The molecule has 1 N–H and O–H groups in total. The largest absolute Gasteiger partial charge is 0.387 e. The molecule has 0 amide bonds. The Morgan fingerprint density at radius 2 is 2.11 bits per heavy atom. The van der Waals surface area contributed by atoms with Gasteiger partial charge in [-0.2, -0.15) is 0 Å². The van der Waals surface area contributed by atoms with Gasteiger partial charge in [0.15, 0.2) is 5.60 Å². The first-order valence-electron chi connectivity index (χ1n) is 5.92. The fourth-order valence-electron chi connectivity index (χ4n) is 2.69. The number of rotatable bonds is 2. The maximum atomic E-state index is 10.3. The van der Waals surface area contributed by atoms with E-state index < -0.39 is 29.9 Å². The minimum absolute atomic E-state index is 0.344. The van der Waals surface area contributed by atoms with Crippen LogP contribution >= 0.6 is 11.6 Å². The molecule has 1 saturated carbocycles. The Kier molecular flexibility index (Phi) is 2.90. The summed E-state index contributed by atoms with van der Waals surface area (Å²) in [5.41, 5.74) is -1.80. The average Bonchev–Trinajstić information content (AvgIpc) is 2.88. The summed E-state index contributed by atoms with van der Waals surface area (Å²) in [6.45, 7) is -0.802. The van der Waals surface area contributed by atoms with Gasteiger partial charge in [0, 0.05) is 12.5 Å². The SMILES string of the molecule is B[C@@H]1O[C@H](C2(O)CC2)C2OC(OC)O[C@]21C#CCl. The van der Waals surface area contributed by atoms with Crippen molar-refractivity contribution in [1.29, 1.82) is 0 Å². The molecule has 1 aliphatic carbocycles. The van der Waals surface area contributed by atoms with Gasteiger partial charge in [-0.05, 0) is 30.4 Å². The van der Waals surface area contributed by atoms with E-state index >= 15 is 0 Å². The summed E-state index contributed by atoms with van der Waals surface area (Å²) < 4.78 is 22.2. The van der Waals surface area contributed by atoms with Crippen molar-refractivity contribution >= 4 is 19.4 Å². The highest BCUT2D eigenvalue weighted by Gasteiger charge is 2.68. The van der Waals surface area contributed by atoms with Crippen LogP contribution < -0.4 is 0 Å². The lowest BCUT2D eigenvalue weighted by Crippen LogP contribution is -2.47. The lowest BCUT2D eigenvalue weighted by atomic mass is 9.80. The van der Waals surface area contributed by atoms with Crippen molar-refractivity contribution in [2.24, 2.45) is 0 Å². The first kappa shape index (κ1) is 12.7. The van der Waals surface area contributed by atoms with E-state index in [1.54, 1.807) is 0 Å². The van der Waals surface area contributed by atoms with Gasteiger partial charge in [-0.1, -0.05) is 0 Å². The van der Waals surface area contributed by atoms with Crippen LogP contribution in [0.1, 0.15) is 12.8 Å². The van der Waals surface area contributed by atoms with Crippen molar-refractivity contribution in [2.45, 2.75) is 48.7 Å². The van der Waals surface area contributed by atoms with Crippen molar-refractivity contribution < 1.29 is 24.1 Å². The molecule has 3 fully saturated rings. The molecular formula is C11H14BClO5. The van der Waals surface area contributed by atoms with Gasteiger partial charge in [0.1, 0.15) is 20.1 Å². The number of halogens is 1. The molecule has 3 rings (SSSR count). The zero-order chi connectivity index (χ0) is 13.0. The van der Waals surface area contributed by atoms with Crippen molar-refractivity contribution in [3.63, 3.8) is 0 Å². The monoisotopic (exact) mass is 272 g/mol. The van der Waals surface area contributed by atoms with Crippen LogP contribution in [0.2, 0.25) is 0 Å². The fourth-order valence-corrected chi connectivity index (χ4v) is 2.84. The second-order valence-corrected chi connectivity index (χ2v) is 5.20. The highest BCUT2D eigenvalue weighted by Crippen LogP contribution is 2.51. The van der Waals surface area contributed by atoms with Gasteiger partial charge in [-0.3, -0.25) is 0 Å². The van der Waals surface area contributed by atoms with Crippen LogP contribution in [-0.2, 0) is 18.9 Å². The zero-order valence-corrected chi connectivity index (χ0v) is 10.9. The van der Waals surface area contributed by atoms with Crippen LogP contribution in [-0.4, -0.2) is 56.0 Å².